The number of aliphatic hydroxyl groups is 1. The average molecular weight is 231 g/mol. The standard InChI is InChI=1S/C7H12F3NO2S/c8-7(9,10)6(13)11-2-5-14-4-1-3-12/h12H,1-5H2,(H,11,13). The molecular formula is C7H12F3NO2S. The number of alkyl halides is 3. The molecule has 0 spiro atoms. The van der Waals surface area contributed by atoms with Crippen LogP contribution < -0.4 is 5.32 Å². The van der Waals surface area contributed by atoms with Gasteiger partial charge in [0.25, 0.3) is 0 Å². The van der Waals surface area contributed by atoms with Crippen molar-refractivity contribution in [3.05, 3.63) is 0 Å². The minimum absolute atomic E-state index is 0.00552. The van der Waals surface area contributed by atoms with Crippen molar-refractivity contribution in [2.75, 3.05) is 24.7 Å². The highest BCUT2D eigenvalue weighted by Gasteiger charge is 2.38. The van der Waals surface area contributed by atoms with E-state index in [9.17, 15) is 18.0 Å². The Morgan fingerprint density at radius 1 is 1.36 bits per heavy atom. The van der Waals surface area contributed by atoms with Gasteiger partial charge in [0.15, 0.2) is 0 Å². The van der Waals surface area contributed by atoms with Gasteiger partial charge in [0.05, 0.1) is 0 Å². The van der Waals surface area contributed by atoms with Gasteiger partial charge < -0.3 is 10.4 Å². The maximum absolute atomic E-state index is 11.6. The lowest BCUT2D eigenvalue weighted by molar-refractivity contribution is -0.173. The molecule has 0 saturated carbocycles. The van der Waals surface area contributed by atoms with Crippen molar-refractivity contribution in [2.24, 2.45) is 0 Å². The Kier molecular flexibility index (Phi) is 6.73. The quantitative estimate of drug-likeness (QED) is 0.664. The Morgan fingerprint density at radius 3 is 2.50 bits per heavy atom. The second-order valence-electron chi connectivity index (χ2n) is 2.44. The summed E-state index contributed by atoms with van der Waals surface area (Å²) >= 11 is 1.39. The van der Waals surface area contributed by atoms with Gasteiger partial charge in [-0.15, -0.1) is 0 Å². The summed E-state index contributed by atoms with van der Waals surface area (Å²) < 4.78 is 34.9. The Morgan fingerprint density at radius 2 is 2.00 bits per heavy atom. The van der Waals surface area contributed by atoms with E-state index >= 15 is 0 Å². The lowest BCUT2D eigenvalue weighted by Crippen LogP contribution is -2.37. The van der Waals surface area contributed by atoms with Crippen molar-refractivity contribution in [3.63, 3.8) is 0 Å². The largest absolute Gasteiger partial charge is 0.471 e. The van der Waals surface area contributed by atoms with Gasteiger partial charge in [-0.3, -0.25) is 4.79 Å². The molecule has 3 nitrogen and oxygen atoms in total. The zero-order valence-electron chi connectivity index (χ0n) is 7.43. The molecule has 7 heteroatoms. The number of rotatable bonds is 6. The molecule has 0 aromatic carbocycles. The van der Waals surface area contributed by atoms with E-state index < -0.39 is 12.1 Å². The van der Waals surface area contributed by atoms with Crippen LogP contribution in [-0.2, 0) is 4.79 Å². The number of hydrogen-bond acceptors (Lipinski definition) is 3. The Hall–Kier alpha value is -0.430. The molecule has 0 heterocycles. The second kappa shape index (κ2) is 6.94. The summed E-state index contributed by atoms with van der Waals surface area (Å²) in [5.74, 6) is -0.805. The van der Waals surface area contributed by atoms with E-state index in [4.69, 9.17) is 5.11 Å². The van der Waals surface area contributed by atoms with Gasteiger partial charge in [-0.2, -0.15) is 24.9 Å². The predicted molar refractivity (Wildman–Crippen MR) is 48.1 cm³/mol. The molecule has 0 bridgehead atoms. The lowest BCUT2D eigenvalue weighted by Gasteiger charge is -2.07. The molecule has 84 valence electrons. The summed E-state index contributed by atoms with van der Waals surface area (Å²) in [7, 11) is 0. The van der Waals surface area contributed by atoms with Crippen LogP contribution in [0.25, 0.3) is 0 Å². The van der Waals surface area contributed by atoms with E-state index in [0.29, 0.717) is 17.9 Å². The maximum atomic E-state index is 11.6. The fourth-order valence-electron chi connectivity index (χ4n) is 0.606. The summed E-state index contributed by atoms with van der Waals surface area (Å²) in [4.78, 5) is 10.3. The molecule has 0 aromatic heterocycles. The van der Waals surface area contributed by atoms with Crippen molar-refractivity contribution in [3.8, 4) is 0 Å². The van der Waals surface area contributed by atoms with Gasteiger partial charge in [-0.05, 0) is 12.2 Å². The Labute approximate surface area is 84.1 Å². The molecule has 14 heavy (non-hydrogen) atoms. The molecule has 1 amide bonds. The van der Waals surface area contributed by atoms with Crippen molar-refractivity contribution in [1.82, 2.24) is 5.32 Å². The van der Waals surface area contributed by atoms with Crippen LogP contribution in [0.1, 0.15) is 6.42 Å². The van der Waals surface area contributed by atoms with Crippen LogP contribution in [0.2, 0.25) is 0 Å². The third-order valence-electron chi connectivity index (χ3n) is 1.24. The molecule has 0 atom stereocenters. The number of hydrogen-bond donors (Lipinski definition) is 2. The topological polar surface area (TPSA) is 49.3 Å². The van der Waals surface area contributed by atoms with E-state index in [-0.39, 0.29) is 13.2 Å². The first-order valence-electron chi connectivity index (χ1n) is 4.02. The predicted octanol–water partition coefficient (Wildman–Crippen LogP) is 0.781. The zero-order chi connectivity index (χ0) is 11.0. The van der Waals surface area contributed by atoms with Crippen LogP contribution >= 0.6 is 11.8 Å². The number of thioether (sulfide) groups is 1. The lowest BCUT2D eigenvalue weighted by atomic mass is 10.5. The summed E-state index contributed by atoms with van der Waals surface area (Å²) in [6, 6.07) is 0. The van der Waals surface area contributed by atoms with Gasteiger partial charge in [-0.25, -0.2) is 0 Å². The third kappa shape index (κ3) is 7.02. The first-order valence-corrected chi connectivity index (χ1v) is 5.17. The fraction of sp³-hybridized carbons (Fsp3) is 0.857. The van der Waals surface area contributed by atoms with E-state index in [1.165, 1.54) is 11.8 Å². The highest BCUT2D eigenvalue weighted by molar-refractivity contribution is 7.99. The molecule has 0 aliphatic rings. The van der Waals surface area contributed by atoms with Crippen LogP contribution in [0.4, 0.5) is 13.2 Å². The molecule has 0 saturated heterocycles. The monoisotopic (exact) mass is 231 g/mol. The van der Waals surface area contributed by atoms with Gasteiger partial charge >= 0.3 is 12.1 Å². The van der Waals surface area contributed by atoms with Gasteiger partial charge in [0, 0.05) is 18.9 Å². The van der Waals surface area contributed by atoms with Crippen LogP contribution in [0, 0.1) is 0 Å². The maximum Gasteiger partial charge on any atom is 0.471 e. The summed E-state index contributed by atoms with van der Waals surface area (Å²) in [6.45, 7) is 0.0658. The van der Waals surface area contributed by atoms with Crippen molar-refractivity contribution in [1.29, 1.82) is 0 Å². The number of aliphatic hydroxyl groups excluding tert-OH is 1. The molecule has 0 unspecified atom stereocenters. The highest BCUT2D eigenvalue weighted by atomic mass is 32.2. The van der Waals surface area contributed by atoms with Crippen LogP contribution in [0.3, 0.4) is 0 Å². The number of halogens is 3. The summed E-state index contributed by atoms with van der Waals surface area (Å²) in [6.07, 6.45) is -4.19. The summed E-state index contributed by atoms with van der Waals surface area (Å²) in [5.41, 5.74) is 0. The molecule has 0 radical (unpaired) electrons. The van der Waals surface area contributed by atoms with Crippen LogP contribution in [-0.4, -0.2) is 41.8 Å². The highest BCUT2D eigenvalue weighted by Crippen LogP contribution is 2.13. The SMILES string of the molecule is O=C(NCCSCCCO)C(F)(F)F. The van der Waals surface area contributed by atoms with Gasteiger partial charge in [0.2, 0.25) is 0 Å². The minimum Gasteiger partial charge on any atom is -0.396 e. The molecule has 2 N–H and O–H groups in total. The minimum atomic E-state index is -4.80. The van der Waals surface area contributed by atoms with E-state index in [1.807, 2.05) is 0 Å². The van der Waals surface area contributed by atoms with E-state index in [0.717, 1.165) is 0 Å². The van der Waals surface area contributed by atoms with Gasteiger partial charge in [-0.1, -0.05) is 0 Å². The Bertz CT molecular complexity index is 175. The van der Waals surface area contributed by atoms with Crippen molar-refractivity contribution < 1.29 is 23.1 Å². The molecule has 0 aliphatic carbocycles. The van der Waals surface area contributed by atoms with Gasteiger partial charge in [0.1, 0.15) is 0 Å². The third-order valence-corrected chi connectivity index (χ3v) is 2.31. The smallest absolute Gasteiger partial charge is 0.396 e. The molecular weight excluding hydrogens is 219 g/mol. The molecule has 0 aliphatic heterocycles. The van der Waals surface area contributed by atoms with Crippen LogP contribution in [0.15, 0.2) is 0 Å². The number of nitrogens with one attached hydrogen (secondary N) is 1. The normalized spacial score (nSPS) is 11.4. The number of carbonyl (C=O) groups excluding carboxylic acids is 1. The van der Waals surface area contributed by atoms with E-state index in [1.54, 1.807) is 5.32 Å². The fourth-order valence-corrected chi connectivity index (χ4v) is 1.39. The second-order valence-corrected chi connectivity index (χ2v) is 3.67. The first-order chi connectivity index (χ1) is 6.48. The zero-order valence-corrected chi connectivity index (χ0v) is 8.25. The average Bonchev–Trinajstić information content (AvgIpc) is 2.09. The molecule has 0 fully saturated rings. The Balaban J connectivity index is 3.33. The molecule has 0 aromatic rings. The summed E-state index contributed by atoms with van der Waals surface area (Å²) in [5, 5.41) is 10.1. The van der Waals surface area contributed by atoms with Crippen molar-refractivity contribution in [2.45, 2.75) is 12.6 Å². The van der Waals surface area contributed by atoms with Crippen molar-refractivity contribution >= 4 is 17.7 Å². The van der Waals surface area contributed by atoms with Crippen LogP contribution in [0.5, 0.6) is 0 Å². The van der Waals surface area contributed by atoms with E-state index in [2.05, 4.69) is 0 Å². The first kappa shape index (κ1) is 13.6. The molecule has 0 rings (SSSR count). The number of amides is 1. The number of carbonyl (C=O) groups is 1.